The minimum Gasteiger partial charge on any atom is -0.489 e. The molecule has 0 aliphatic heterocycles. The largest absolute Gasteiger partial charge is 0.489 e. The number of hydrazine groups is 1. The minimum absolute atomic E-state index is 0.165. The van der Waals surface area contributed by atoms with Crippen molar-refractivity contribution >= 4 is 5.91 Å². The SMILES string of the molecule is NNC(=O)c1cc(-c2cccc(OCc3ccccc3)c2)co1. The Hall–Kier alpha value is -3.05. The third kappa shape index (κ3) is 3.59. The highest BCUT2D eigenvalue weighted by Crippen LogP contribution is 2.26. The molecule has 0 saturated carbocycles. The fourth-order valence-corrected chi connectivity index (χ4v) is 2.18. The molecule has 0 unspecified atom stereocenters. The van der Waals surface area contributed by atoms with Crippen LogP contribution in [0.4, 0.5) is 0 Å². The molecule has 0 saturated heterocycles. The number of nitrogens with one attached hydrogen (secondary N) is 1. The molecule has 1 amide bonds. The number of nitrogen functional groups attached to an aromatic ring is 1. The maximum atomic E-state index is 11.4. The zero-order valence-corrected chi connectivity index (χ0v) is 12.4. The maximum Gasteiger partial charge on any atom is 0.300 e. The summed E-state index contributed by atoms with van der Waals surface area (Å²) in [5.74, 6) is 5.54. The van der Waals surface area contributed by atoms with E-state index in [1.54, 1.807) is 6.07 Å². The molecule has 3 N–H and O–H groups in total. The molecule has 23 heavy (non-hydrogen) atoms. The van der Waals surface area contributed by atoms with Crippen LogP contribution < -0.4 is 16.0 Å². The van der Waals surface area contributed by atoms with Gasteiger partial charge in [0.05, 0.1) is 6.26 Å². The molecule has 2 aromatic carbocycles. The summed E-state index contributed by atoms with van der Waals surface area (Å²) in [7, 11) is 0. The highest BCUT2D eigenvalue weighted by molar-refractivity contribution is 5.92. The van der Waals surface area contributed by atoms with Crippen LogP contribution in [0.25, 0.3) is 11.1 Å². The number of hydrogen-bond donors (Lipinski definition) is 2. The summed E-state index contributed by atoms with van der Waals surface area (Å²) in [5, 5.41) is 0. The Morgan fingerprint density at radius 3 is 2.65 bits per heavy atom. The molecule has 5 nitrogen and oxygen atoms in total. The first-order valence-corrected chi connectivity index (χ1v) is 7.13. The molecule has 0 aliphatic rings. The first kappa shape index (κ1) is 14.9. The van der Waals surface area contributed by atoms with Crippen molar-refractivity contribution in [1.29, 1.82) is 0 Å². The van der Waals surface area contributed by atoms with E-state index < -0.39 is 5.91 Å². The second-order valence-electron chi connectivity index (χ2n) is 4.98. The van der Waals surface area contributed by atoms with E-state index in [-0.39, 0.29) is 5.76 Å². The zero-order valence-electron chi connectivity index (χ0n) is 12.4. The van der Waals surface area contributed by atoms with Gasteiger partial charge in [-0.1, -0.05) is 42.5 Å². The van der Waals surface area contributed by atoms with E-state index in [2.05, 4.69) is 0 Å². The van der Waals surface area contributed by atoms with Crippen LogP contribution in [0.5, 0.6) is 5.75 Å². The van der Waals surface area contributed by atoms with Gasteiger partial charge in [0.15, 0.2) is 5.76 Å². The molecule has 0 atom stereocenters. The van der Waals surface area contributed by atoms with E-state index >= 15 is 0 Å². The van der Waals surface area contributed by atoms with Crippen molar-refractivity contribution in [3.63, 3.8) is 0 Å². The van der Waals surface area contributed by atoms with Gasteiger partial charge in [-0.25, -0.2) is 5.84 Å². The normalized spacial score (nSPS) is 10.3. The quantitative estimate of drug-likeness (QED) is 0.431. The second-order valence-corrected chi connectivity index (χ2v) is 4.98. The molecular formula is C18H16N2O3. The van der Waals surface area contributed by atoms with Gasteiger partial charge < -0.3 is 9.15 Å². The molecule has 3 rings (SSSR count). The van der Waals surface area contributed by atoms with Crippen LogP contribution in [0.1, 0.15) is 16.1 Å². The van der Waals surface area contributed by atoms with Crippen LogP contribution in [-0.2, 0) is 6.61 Å². The Labute approximate surface area is 133 Å². The molecule has 0 radical (unpaired) electrons. The summed E-state index contributed by atoms with van der Waals surface area (Å²) in [4.78, 5) is 11.4. The van der Waals surface area contributed by atoms with Gasteiger partial charge in [0.2, 0.25) is 0 Å². The van der Waals surface area contributed by atoms with Gasteiger partial charge in [-0.3, -0.25) is 10.2 Å². The summed E-state index contributed by atoms with van der Waals surface area (Å²) in [5.41, 5.74) is 4.82. The van der Waals surface area contributed by atoms with Crippen LogP contribution in [0.2, 0.25) is 0 Å². The number of benzene rings is 2. The Morgan fingerprint density at radius 2 is 1.87 bits per heavy atom. The number of ether oxygens (including phenoxy) is 1. The first-order chi connectivity index (χ1) is 11.3. The average molecular weight is 308 g/mol. The lowest BCUT2D eigenvalue weighted by Crippen LogP contribution is -2.29. The Bertz CT molecular complexity index is 797. The van der Waals surface area contributed by atoms with Gasteiger partial charge in [-0.15, -0.1) is 0 Å². The number of carbonyl (C=O) groups is 1. The number of nitrogens with two attached hydrogens (primary N) is 1. The number of carbonyl (C=O) groups excluding carboxylic acids is 1. The van der Waals surface area contributed by atoms with Crippen molar-refractivity contribution in [1.82, 2.24) is 5.43 Å². The van der Waals surface area contributed by atoms with E-state index in [1.807, 2.05) is 60.0 Å². The molecule has 3 aromatic rings. The van der Waals surface area contributed by atoms with Crippen molar-refractivity contribution in [2.24, 2.45) is 5.84 Å². The van der Waals surface area contributed by atoms with Gasteiger partial charge in [0, 0.05) is 5.56 Å². The van der Waals surface area contributed by atoms with Gasteiger partial charge in [0.25, 0.3) is 0 Å². The number of rotatable bonds is 5. The lowest BCUT2D eigenvalue weighted by Gasteiger charge is -2.07. The molecule has 0 bridgehead atoms. The van der Waals surface area contributed by atoms with E-state index in [4.69, 9.17) is 15.0 Å². The second kappa shape index (κ2) is 6.81. The number of amides is 1. The standard InChI is InChI=1S/C18H16N2O3/c19-20-18(21)17-10-15(12-23-17)14-7-4-8-16(9-14)22-11-13-5-2-1-3-6-13/h1-10,12H,11,19H2,(H,20,21). The lowest BCUT2D eigenvalue weighted by atomic mass is 10.1. The summed E-state index contributed by atoms with van der Waals surface area (Å²) in [6, 6.07) is 19.2. The summed E-state index contributed by atoms with van der Waals surface area (Å²) >= 11 is 0. The third-order valence-electron chi connectivity index (χ3n) is 3.37. The first-order valence-electron chi connectivity index (χ1n) is 7.13. The van der Waals surface area contributed by atoms with Crippen molar-refractivity contribution < 1.29 is 13.9 Å². The average Bonchev–Trinajstić information content (AvgIpc) is 3.11. The smallest absolute Gasteiger partial charge is 0.300 e. The molecular weight excluding hydrogens is 292 g/mol. The number of hydrogen-bond acceptors (Lipinski definition) is 4. The molecule has 0 spiro atoms. The predicted molar refractivity (Wildman–Crippen MR) is 86.6 cm³/mol. The lowest BCUT2D eigenvalue weighted by molar-refractivity contribution is 0.0926. The molecule has 116 valence electrons. The maximum absolute atomic E-state index is 11.4. The summed E-state index contributed by atoms with van der Waals surface area (Å²) in [6.07, 6.45) is 1.51. The van der Waals surface area contributed by atoms with Gasteiger partial charge in [-0.05, 0) is 29.3 Å². The van der Waals surface area contributed by atoms with Gasteiger partial charge in [0.1, 0.15) is 12.4 Å². The Kier molecular flexibility index (Phi) is 4.40. The highest BCUT2D eigenvalue weighted by atomic mass is 16.5. The highest BCUT2D eigenvalue weighted by Gasteiger charge is 2.11. The Balaban J connectivity index is 1.74. The van der Waals surface area contributed by atoms with Crippen LogP contribution in [0.15, 0.2) is 71.3 Å². The molecule has 0 fully saturated rings. The minimum atomic E-state index is -0.465. The van der Waals surface area contributed by atoms with Crippen LogP contribution >= 0.6 is 0 Å². The van der Waals surface area contributed by atoms with E-state index in [0.717, 1.165) is 22.4 Å². The van der Waals surface area contributed by atoms with Gasteiger partial charge >= 0.3 is 5.91 Å². The fraction of sp³-hybridized carbons (Fsp3) is 0.0556. The van der Waals surface area contributed by atoms with Crippen LogP contribution in [-0.4, -0.2) is 5.91 Å². The predicted octanol–water partition coefficient (Wildman–Crippen LogP) is 3.13. The van der Waals surface area contributed by atoms with Crippen LogP contribution in [0.3, 0.4) is 0 Å². The monoisotopic (exact) mass is 308 g/mol. The van der Waals surface area contributed by atoms with Crippen LogP contribution in [0, 0.1) is 0 Å². The van der Waals surface area contributed by atoms with Crippen molar-refractivity contribution in [3.05, 3.63) is 78.3 Å². The van der Waals surface area contributed by atoms with Crippen molar-refractivity contribution in [2.75, 3.05) is 0 Å². The summed E-state index contributed by atoms with van der Waals surface area (Å²) < 4.78 is 11.0. The topological polar surface area (TPSA) is 77.5 Å². The third-order valence-corrected chi connectivity index (χ3v) is 3.37. The van der Waals surface area contributed by atoms with E-state index in [0.29, 0.717) is 6.61 Å². The number of furan rings is 1. The van der Waals surface area contributed by atoms with Crippen molar-refractivity contribution in [3.8, 4) is 16.9 Å². The fourth-order valence-electron chi connectivity index (χ4n) is 2.18. The van der Waals surface area contributed by atoms with Crippen molar-refractivity contribution in [2.45, 2.75) is 6.61 Å². The Morgan fingerprint density at radius 1 is 1.04 bits per heavy atom. The molecule has 1 aromatic heterocycles. The summed E-state index contributed by atoms with van der Waals surface area (Å²) in [6.45, 7) is 0.497. The zero-order chi connectivity index (χ0) is 16.1. The van der Waals surface area contributed by atoms with E-state index in [1.165, 1.54) is 6.26 Å². The molecule has 5 heteroatoms. The molecule has 1 heterocycles. The van der Waals surface area contributed by atoms with E-state index in [9.17, 15) is 4.79 Å². The molecule has 0 aliphatic carbocycles. The van der Waals surface area contributed by atoms with Gasteiger partial charge in [-0.2, -0.15) is 0 Å².